The molecule has 2 aliphatic heterocycles. The Bertz CT molecular complexity index is 555. The molecule has 0 spiro atoms. The topological polar surface area (TPSA) is 59.6 Å². The molecular weight excluding hydrogens is 311 g/mol. The summed E-state index contributed by atoms with van der Waals surface area (Å²) in [6, 6.07) is 4.20. The van der Waals surface area contributed by atoms with Gasteiger partial charge in [0.2, 0.25) is 5.91 Å². The highest BCUT2D eigenvalue weighted by molar-refractivity contribution is 5.92. The molecule has 2 atom stereocenters. The van der Waals surface area contributed by atoms with Gasteiger partial charge in [0.05, 0.1) is 11.8 Å². The molecule has 1 amide bonds. The second-order valence-electron chi connectivity index (χ2n) is 6.53. The van der Waals surface area contributed by atoms with Crippen LogP contribution in [-0.2, 0) is 9.53 Å². The standard InChI is InChI=1S/C18H25FN2O3/c19-14-4-5-17(24-12-15-2-1-9-23-15)16(10-14)21-18(22)6-3-13-7-8-20-11-13/h4-5,10,13,15,20H,1-3,6-9,11-12H2,(H,21,22). The lowest BCUT2D eigenvalue weighted by atomic mass is 10.0. The van der Waals surface area contributed by atoms with E-state index in [4.69, 9.17) is 9.47 Å². The zero-order valence-electron chi connectivity index (χ0n) is 13.9. The highest BCUT2D eigenvalue weighted by Crippen LogP contribution is 2.27. The summed E-state index contributed by atoms with van der Waals surface area (Å²) in [6.07, 6.45) is 4.49. The highest BCUT2D eigenvalue weighted by atomic mass is 19.1. The van der Waals surface area contributed by atoms with Crippen LogP contribution in [0.2, 0.25) is 0 Å². The van der Waals surface area contributed by atoms with Crippen LogP contribution in [0.3, 0.4) is 0 Å². The predicted octanol–water partition coefficient (Wildman–Crippen LogP) is 2.71. The van der Waals surface area contributed by atoms with Crippen LogP contribution in [0, 0.1) is 11.7 Å². The summed E-state index contributed by atoms with van der Waals surface area (Å²) in [5, 5.41) is 6.08. The van der Waals surface area contributed by atoms with Crippen molar-refractivity contribution in [2.75, 3.05) is 31.6 Å². The molecule has 24 heavy (non-hydrogen) atoms. The molecule has 0 radical (unpaired) electrons. The Morgan fingerprint density at radius 1 is 1.42 bits per heavy atom. The van der Waals surface area contributed by atoms with Gasteiger partial charge in [-0.15, -0.1) is 0 Å². The second kappa shape index (κ2) is 8.44. The van der Waals surface area contributed by atoms with E-state index in [-0.39, 0.29) is 12.0 Å². The van der Waals surface area contributed by atoms with Gasteiger partial charge in [0.1, 0.15) is 18.2 Å². The molecule has 0 aromatic heterocycles. The van der Waals surface area contributed by atoms with Gasteiger partial charge in [0, 0.05) is 19.1 Å². The van der Waals surface area contributed by atoms with E-state index in [1.54, 1.807) is 6.07 Å². The summed E-state index contributed by atoms with van der Waals surface area (Å²) in [7, 11) is 0. The van der Waals surface area contributed by atoms with E-state index in [2.05, 4.69) is 10.6 Å². The summed E-state index contributed by atoms with van der Waals surface area (Å²) in [5.74, 6) is 0.547. The SMILES string of the molecule is O=C(CCC1CCNC1)Nc1cc(F)ccc1OCC1CCCO1. The van der Waals surface area contributed by atoms with Gasteiger partial charge in [-0.05, 0) is 56.8 Å². The second-order valence-corrected chi connectivity index (χ2v) is 6.53. The van der Waals surface area contributed by atoms with Gasteiger partial charge in [0.25, 0.3) is 0 Å². The molecule has 2 aliphatic rings. The molecule has 0 aliphatic carbocycles. The molecule has 1 aromatic rings. The van der Waals surface area contributed by atoms with Crippen molar-refractivity contribution in [1.29, 1.82) is 0 Å². The summed E-state index contributed by atoms with van der Waals surface area (Å²) in [6.45, 7) is 3.18. The van der Waals surface area contributed by atoms with E-state index in [1.807, 2.05) is 0 Å². The number of benzene rings is 1. The lowest BCUT2D eigenvalue weighted by molar-refractivity contribution is -0.116. The van der Waals surface area contributed by atoms with Crippen molar-refractivity contribution in [2.24, 2.45) is 5.92 Å². The van der Waals surface area contributed by atoms with E-state index in [1.165, 1.54) is 12.1 Å². The number of hydrogen-bond acceptors (Lipinski definition) is 4. The minimum atomic E-state index is -0.394. The maximum atomic E-state index is 13.5. The van der Waals surface area contributed by atoms with Crippen molar-refractivity contribution in [1.82, 2.24) is 5.32 Å². The molecule has 2 saturated heterocycles. The molecule has 6 heteroatoms. The van der Waals surface area contributed by atoms with Crippen LogP contribution < -0.4 is 15.4 Å². The largest absolute Gasteiger partial charge is 0.489 e. The lowest BCUT2D eigenvalue weighted by Gasteiger charge is -2.15. The Kier molecular flexibility index (Phi) is 6.04. The van der Waals surface area contributed by atoms with Crippen molar-refractivity contribution < 1.29 is 18.7 Å². The zero-order valence-corrected chi connectivity index (χ0v) is 13.9. The van der Waals surface area contributed by atoms with Crippen LogP contribution in [0.5, 0.6) is 5.75 Å². The quantitative estimate of drug-likeness (QED) is 0.804. The monoisotopic (exact) mass is 336 g/mol. The zero-order chi connectivity index (χ0) is 16.8. The maximum Gasteiger partial charge on any atom is 0.224 e. The first kappa shape index (κ1) is 17.2. The van der Waals surface area contributed by atoms with Gasteiger partial charge in [-0.3, -0.25) is 4.79 Å². The molecule has 0 saturated carbocycles. The third kappa shape index (κ3) is 4.92. The summed E-state index contributed by atoms with van der Waals surface area (Å²) < 4.78 is 24.8. The fourth-order valence-electron chi connectivity index (χ4n) is 3.19. The molecule has 2 heterocycles. The number of hydrogen-bond donors (Lipinski definition) is 2. The van der Waals surface area contributed by atoms with Gasteiger partial charge in [-0.2, -0.15) is 0 Å². The molecule has 1 aromatic carbocycles. The Morgan fingerprint density at radius 2 is 2.33 bits per heavy atom. The minimum Gasteiger partial charge on any atom is -0.489 e. The van der Waals surface area contributed by atoms with Crippen molar-refractivity contribution in [3.8, 4) is 5.75 Å². The van der Waals surface area contributed by atoms with Gasteiger partial charge in [-0.25, -0.2) is 4.39 Å². The van der Waals surface area contributed by atoms with Crippen LogP contribution in [0.15, 0.2) is 18.2 Å². The van der Waals surface area contributed by atoms with Crippen molar-refractivity contribution in [3.63, 3.8) is 0 Å². The molecule has 2 N–H and O–H groups in total. The number of ether oxygens (including phenoxy) is 2. The van der Waals surface area contributed by atoms with E-state index in [0.29, 0.717) is 30.4 Å². The minimum absolute atomic E-state index is 0.0773. The van der Waals surface area contributed by atoms with E-state index >= 15 is 0 Å². The van der Waals surface area contributed by atoms with Crippen LogP contribution in [0.1, 0.15) is 32.1 Å². The third-order valence-corrected chi connectivity index (χ3v) is 4.61. The molecule has 132 valence electrons. The van der Waals surface area contributed by atoms with E-state index in [9.17, 15) is 9.18 Å². The number of nitrogens with one attached hydrogen (secondary N) is 2. The summed E-state index contributed by atoms with van der Waals surface area (Å²) in [5.41, 5.74) is 0.391. The fraction of sp³-hybridized carbons (Fsp3) is 0.611. The Labute approximate surface area is 141 Å². The highest BCUT2D eigenvalue weighted by Gasteiger charge is 2.19. The molecular formula is C18H25FN2O3. The Balaban J connectivity index is 1.54. The number of rotatable bonds is 7. The number of anilines is 1. The van der Waals surface area contributed by atoms with Gasteiger partial charge >= 0.3 is 0 Å². The number of halogens is 1. The van der Waals surface area contributed by atoms with E-state index in [0.717, 1.165) is 45.4 Å². The fourth-order valence-corrected chi connectivity index (χ4v) is 3.19. The van der Waals surface area contributed by atoms with Gasteiger partial charge in [-0.1, -0.05) is 0 Å². The average Bonchev–Trinajstić information content (AvgIpc) is 3.26. The van der Waals surface area contributed by atoms with Crippen molar-refractivity contribution in [3.05, 3.63) is 24.0 Å². The third-order valence-electron chi connectivity index (χ3n) is 4.61. The van der Waals surface area contributed by atoms with Crippen molar-refractivity contribution in [2.45, 2.75) is 38.2 Å². The first-order valence-corrected chi connectivity index (χ1v) is 8.75. The predicted molar refractivity (Wildman–Crippen MR) is 89.7 cm³/mol. The molecule has 5 nitrogen and oxygen atoms in total. The molecule has 3 rings (SSSR count). The Morgan fingerprint density at radius 3 is 3.08 bits per heavy atom. The Hall–Kier alpha value is -1.66. The smallest absolute Gasteiger partial charge is 0.224 e. The van der Waals surface area contributed by atoms with Crippen LogP contribution in [-0.4, -0.2) is 38.3 Å². The van der Waals surface area contributed by atoms with Gasteiger partial charge < -0.3 is 20.1 Å². The molecule has 2 fully saturated rings. The molecule has 2 unspecified atom stereocenters. The van der Waals surface area contributed by atoms with E-state index < -0.39 is 5.82 Å². The summed E-state index contributed by atoms with van der Waals surface area (Å²) in [4.78, 5) is 12.2. The average molecular weight is 336 g/mol. The van der Waals surface area contributed by atoms with Gasteiger partial charge in [0.15, 0.2) is 0 Å². The van der Waals surface area contributed by atoms with Crippen molar-refractivity contribution >= 4 is 11.6 Å². The lowest BCUT2D eigenvalue weighted by Crippen LogP contribution is -2.18. The summed E-state index contributed by atoms with van der Waals surface area (Å²) >= 11 is 0. The van der Waals surface area contributed by atoms with Crippen LogP contribution >= 0.6 is 0 Å². The normalized spacial score (nSPS) is 23.4. The van der Waals surface area contributed by atoms with Crippen LogP contribution in [0.25, 0.3) is 0 Å². The first-order chi connectivity index (χ1) is 11.7. The maximum absolute atomic E-state index is 13.5. The number of amides is 1. The number of carbonyl (C=O) groups is 1. The number of carbonyl (C=O) groups excluding carboxylic acids is 1. The van der Waals surface area contributed by atoms with Crippen LogP contribution in [0.4, 0.5) is 10.1 Å². The molecule has 0 bridgehead atoms. The first-order valence-electron chi connectivity index (χ1n) is 8.75.